The maximum absolute atomic E-state index is 13.0. The number of benzene rings is 2. The molecule has 0 aliphatic carbocycles. The van der Waals surface area contributed by atoms with Crippen LogP contribution in [0.1, 0.15) is 10.4 Å². The Morgan fingerprint density at radius 2 is 1.66 bits per heavy atom. The number of thioether (sulfide) groups is 1. The Bertz CT molecular complexity index is 1040. The van der Waals surface area contributed by atoms with Crippen LogP contribution in [0, 0.1) is 11.3 Å². The number of sulfonamides is 1. The fourth-order valence-electron chi connectivity index (χ4n) is 3.04. The van der Waals surface area contributed by atoms with Crippen molar-refractivity contribution in [1.29, 1.82) is 5.26 Å². The van der Waals surface area contributed by atoms with Gasteiger partial charge in [-0.2, -0.15) is 9.57 Å². The van der Waals surface area contributed by atoms with Crippen LogP contribution in [0.5, 0.6) is 0 Å². The molecule has 0 bridgehead atoms. The highest BCUT2D eigenvalue weighted by atomic mass is 35.5. The maximum atomic E-state index is 13.0. The number of hydrogen-bond acceptors (Lipinski definition) is 5. The summed E-state index contributed by atoms with van der Waals surface area (Å²) in [6.07, 6.45) is 0. The number of piperazine rings is 1. The minimum atomic E-state index is -3.87. The molecule has 0 spiro atoms. The van der Waals surface area contributed by atoms with Gasteiger partial charge in [0, 0.05) is 31.1 Å². The number of amides is 1. The van der Waals surface area contributed by atoms with Crippen molar-refractivity contribution in [3.05, 3.63) is 58.1 Å². The summed E-state index contributed by atoms with van der Waals surface area (Å²) in [6.45, 7) is 0.779. The van der Waals surface area contributed by atoms with Crippen LogP contribution >= 0.6 is 35.0 Å². The van der Waals surface area contributed by atoms with E-state index in [0.717, 1.165) is 4.90 Å². The highest BCUT2D eigenvalue weighted by molar-refractivity contribution is 7.99. The monoisotopic (exact) mass is 469 g/mol. The molecule has 0 unspecified atom stereocenters. The highest BCUT2D eigenvalue weighted by Crippen LogP contribution is 2.32. The van der Waals surface area contributed by atoms with Crippen LogP contribution in [0.3, 0.4) is 0 Å². The number of carbonyl (C=O) groups excluding carboxylic acids is 1. The van der Waals surface area contributed by atoms with Crippen LogP contribution in [0.15, 0.2) is 52.3 Å². The fraction of sp³-hybridized carbons (Fsp3) is 0.263. The zero-order valence-corrected chi connectivity index (χ0v) is 18.4. The van der Waals surface area contributed by atoms with E-state index >= 15 is 0 Å². The second-order valence-corrected chi connectivity index (χ2v) is 9.90. The van der Waals surface area contributed by atoms with Gasteiger partial charge in [-0.1, -0.05) is 41.4 Å². The van der Waals surface area contributed by atoms with Crippen molar-refractivity contribution in [2.45, 2.75) is 9.79 Å². The van der Waals surface area contributed by atoms with Gasteiger partial charge < -0.3 is 4.90 Å². The van der Waals surface area contributed by atoms with E-state index in [1.807, 2.05) is 6.07 Å². The van der Waals surface area contributed by atoms with Crippen molar-refractivity contribution in [3.8, 4) is 6.07 Å². The molecule has 6 nitrogen and oxygen atoms in total. The second kappa shape index (κ2) is 9.37. The Morgan fingerprint density at radius 3 is 2.28 bits per heavy atom. The van der Waals surface area contributed by atoms with Crippen LogP contribution in [-0.2, 0) is 10.0 Å². The first kappa shape index (κ1) is 21.9. The summed E-state index contributed by atoms with van der Waals surface area (Å²) in [7, 11) is -3.87. The van der Waals surface area contributed by atoms with Crippen LogP contribution in [0.4, 0.5) is 0 Å². The molecule has 1 heterocycles. The molecule has 0 N–H and O–H groups in total. The standard InChI is InChI=1S/C19H17Cl2N3O3S2/c20-15-5-3-6-16(21)18(15)29(26,27)24-11-9-23(10-12-24)19(25)14-4-1-2-7-17(14)28-13-8-22/h1-7H,9-13H2. The molecule has 152 valence electrons. The molecule has 0 aromatic heterocycles. The lowest BCUT2D eigenvalue weighted by Gasteiger charge is -2.34. The van der Waals surface area contributed by atoms with Crippen molar-refractivity contribution < 1.29 is 13.2 Å². The summed E-state index contributed by atoms with van der Waals surface area (Å²) in [5.74, 6) is 0.0633. The highest BCUT2D eigenvalue weighted by Gasteiger charge is 2.33. The predicted molar refractivity (Wildman–Crippen MR) is 114 cm³/mol. The Kier molecular flexibility index (Phi) is 7.09. The lowest BCUT2D eigenvalue weighted by atomic mass is 10.2. The lowest BCUT2D eigenvalue weighted by molar-refractivity contribution is 0.0694. The first-order chi connectivity index (χ1) is 13.9. The summed E-state index contributed by atoms with van der Waals surface area (Å²) >= 11 is 13.4. The third kappa shape index (κ3) is 4.71. The summed E-state index contributed by atoms with van der Waals surface area (Å²) in [5, 5.41) is 8.93. The molecule has 1 amide bonds. The van der Waals surface area contributed by atoms with Crippen LogP contribution in [-0.4, -0.2) is 55.5 Å². The maximum Gasteiger partial charge on any atom is 0.255 e. The molecule has 2 aromatic carbocycles. The number of halogens is 2. The summed E-state index contributed by atoms with van der Waals surface area (Å²) in [5.41, 5.74) is 0.512. The van der Waals surface area contributed by atoms with Crippen LogP contribution < -0.4 is 0 Å². The minimum Gasteiger partial charge on any atom is -0.336 e. The summed E-state index contributed by atoms with van der Waals surface area (Å²) in [4.78, 5) is 15.2. The molecule has 29 heavy (non-hydrogen) atoms. The van der Waals surface area contributed by atoms with Gasteiger partial charge in [-0.15, -0.1) is 11.8 Å². The fourth-order valence-corrected chi connectivity index (χ4v) is 6.26. The van der Waals surface area contributed by atoms with Gasteiger partial charge in [0.25, 0.3) is 5.91 Å². The smallest absolute Gasteiger partial charge is 0.255 e. The van der Waals surface area contributed by atoms with Crippen molar-refractivity contribution in [3.63, 3.8) is 0 Å². The summed E-state index contributed by atoms with van der Waals surface area (Å²) < 4.78 is 27.2. The first-order valence-corrected chi connectivity index (χ1v) is 11.9. The average molecular weight is 470 g/mol. The van der Waals surface area contributed by atoms with Gasteiger partial charge >= 0.3 is 0 Å². The van der Waals surface area contributed by atoms with Gasteiger partial charge in [0.15, 0.2) is 0 Å². The van der Waals surface area contributed by atoms with E-state index in [1.54, 1.807) is 29.2 Å². The van der Waals surface area contributed by atoms with E-state index in [2.05, 4.69) is 6.07 Å². The van der Waals surface area contributed by atoms with E-state index in [-0.39, 0.29) is 52.8 Å². The zero-order chi connectivity index (χ0) is 21.0. The first-order valence-electron chi connectivity index (χ1n) is 8.68. The largest absolute Gasteiger partial charge is 0.336 e. The van der Waals surface area contributed by atoms with Gasteiger partial charge in [-0.3, -0.25) is 4.79 Å². The van der Waals surface area contributed by atoms with Gasteiger partial charge in [0.05, 0.1) is 27.4 Å². The third-order valence-corrected chi connectivity index (χ3v) is 8.25. The van der Waals surface area contributed by atoms with Crippen molar-refractivity contribution in [2.75, 3.05) is 31.9 Å². The molecule has 0 atom stereocenters. The topological polar surface area (TPSA) is 81.5 Å². The molecule has 10 heteroatoms. The quantitative estimate of drug-likeness (QED) is 0.622. The van der Waals surface area contributed by atoms with Gasteiger partial charge in [-0.05, 0) is 24.3 Å². The van der Waals surface area contributed by atoms with Crippen molar-refractivity contribution in [1.82, 2.24) is 9.21 Å². The Labute approximate surface area is 184 Å². The van der Waals surface area contributed by atoms with Gasteiger partial charge in [0.1, 0.15) is 4.90 Å². The molecule has 1 aliphatic heterocycles. The van der Waals surface area contributed by atoms with Crippen LogP contribution in [0.25, 0.3) is 0 Å². The Hall–Kier alpha value is -1.76. The molecular weight excluding hydrogens is 453 g/mol. The van der Waals surface area contributed by atoms with E-state index in [4.69, 9.17) is 28.5 Å². The number of rotatable bonds is 5. The summed E-state index contributed by atoms with van der Waals surface area (Å²) in [6, 6.07) is 13.7. The molecule has 3 rings (SSSR count). The molecule has 1 fully saturated rings. The third-order valence-electron chi connectivity index (χ3n) is 4.45. The number of hydrogen-bond donors (Lipinski definition) is 0. The predicted octanol–water partition coefficient (Wildman–Crippen LogP) is 3.76. The number of carbonyl (C=O) groups is 1. The number of nitrogens with zero attached hydrogens (tertiary/aromatic N) is 3. The van der Waals surface area contributed by atoms with Crippen molar-refractivity contribution in [2.24, 2.45) is 0 Å². The van der Waals surface area contributed by atoms with Crippen LogP contribution in [0.2, 0.25) is 10.0 Å². The average Bonchev–Trinajstić information content (AvgIpc) is 2.72. The van der Waals surface area contributed by atoms with E-state index in [1.165, 1.54) is 28.2 Å². The Balaban J connectivity index is 1.74. The molecule has 0 saturated carbocycles. The Morgan fingerprint density at radius 1 is 1.03 bits per heavy atom. The molecule has 1 saturated heterocycles. The van der Waals surface area contributed by atoms with Gasteiger partial charge in [-0.25, -0.2) is 8.42 Å². The SMILES string of the molecule is N#CCSc1ccccc1C(=O)N1CCN(S(=O)(=O)c2c(Cl)cccc2Cl)CC1. The van der Waals surface area contributed by atoms with E-state index in [9.17, 15) is 13.2 Å². The molecular formula is C19H17Cl2N3O3S2. The second-order valence-electron chi connectivity index (χ2n) is 6.19. The zero-order valence-electron chi connectivity index (χ0n) is 15.2. The van der Waals surface area contributed by atoms with Gasteiger partial charge in [0.2, 0.25) is 10.0 Å². The molecule has 2 aromatic rings. The minimum absolute atomic E-state index is 0.0689. The molecule has 0 radical (unpaired) electrons. The lowest BCUT2D eigenvalue weighted by Crippen LogP contribution is -2.50. The van der Waals surface area contributed by atoms with Crippen molar-refractivity contribution >= 4 is 50.9 Å². The van der Waals surface area contributed by atoms with E-state index in [0.29, 0.717) is 5.56 Å². The normalized spacial score (nSPS) is 15.1. The number of nitriles is 1. The molecule has 1 aliphatic rings. The van der Waals surface area contributed by atoms with E-state index < -0.39 is 10.0 Å².